The third-order valence-electron chi connectivity index (χ3n) is 5.55. The summed E-state index contributed by atoms with van der Waals surface area (Å²) in [5.41, 5.74) is -0.473. The van der Waals surface area contributed by atoms with Crippen LogP contribution in [0.1, 0.15) is 89.0 Å². The maximum Gasteiger partial charge on any atom is 0.342 e. The summed E-state index contributed by atoms with van der Waals surface area (Å²) in [6.45, 7) is 3.91. The van der Waals surface area contributed by atoms with Gasteiger partial charge in [-0.25, -0.2) is 9.59 Å². The van der Waals surface area contributed by atoms with E-state index in [0.29, 0.717) is 12.8 Å². The van der Waals surface area contributed by atoms with E-state index in [9.17, 15) is 29.7 Å². The van der Waals surface area contributed by atoms with Gasteiger partial charge in [0.2, 0.25) is 0 Å². The lowest BCUT2D eigenvalue weighted by atomic mass is 9.97. The molecule has 0 aliphatic carbocycles. The van der Waals surface area contributed by atoms with E-state index >= 15 is 0 Å². The van der Waals surface area contributed by atoms with Crippen LogP contribution in [0.15, 0.2) is 18.2 Å². The summed E-state index contributed by atoms with van der Waals surface area (Å²) in [6, 6.07) is 3.64. The number of methoxy groups -OCH3 is 2. The summed E-state index contributed by atoms with van der Waals surface area (Å²) in [5.74, 6) is -3.84. The topological polar surface area (TPSA) is 140 Å². The SMILES string of the molecule is CCCCCc1c(Oc2cc(OC)cc(C(=O)CCCC)c2C(=O)OC)c(O)cc(O)c1C(=O)O. The van der Waals surface area contributed by atoms with Crippen molar-refractivity contribution in [2.45, 2.75) is 58.8 Å². The van der Waals surface area contributed by atoms with E-state index in [1.54, 1.807) is 0 Å². The van der Waals surface area contributed by atoms with E-state index in [0.717, 1.165) is 32.4 Å². The number of esters is 1. The molecule has 35 heavy (non-hydrogen) atoms. The second-order valence-corrected chi connectivity index (χ2v) is 8.03. The summed E-state index contributed by atoms with van der Waals surface area (Å²) in [4.78, 5) is 37.6. The molecule has 0 aliphatic heterocycles. The molecule has 0 spiro atoms. The highest BCUT2D eigenvalue weighted by Gasteiger charge is 2.28. The van der Waals surface area contributed by atoms with E-state index in [2.05, 4.69) is 0 Å². The second kappa shape index (κ2) is 12.6. The third kappa shape index (κ3) is 6.44. The molecule has 0 aliphatic rings. The van der Waals surface area contributed by atoms with Crippen molar-refractivity contribution in [3.63, 3.8) is 0 Å². The van der Waals surface area contributed by atoms with Crippen LogP contribution in [-0.2, 0) is 11.2 Å². The first-order chi connectivity index (χ1) is 16.7. The fourth-order valence-corrected chi connectivity index (χ4v) is 3.74. The fourth-order valence-electron chi connectivity index (χ4n) is 3.74. The maximum absolute atomic E-state index is 12.9. The van der Waals surface area contributed by atoms with Crippen LogP contribution in [0.25, 0.3) is 0 Å². The van der Waals surface area contributed by atoms with Gasteiger partial charge in [-0.3, -0.25) is 4.79 Å². The van der Waals surface area contributed by atoms with Crippen molar-refractivity contribution in [2.24, 2.45) is 0 Å². The van der Waals surface area contributed by atoms with Gasteiger partial charge in [0.1, 0.15) is 28.4 Å². The van der Waals surface area contributed by atoms with E-state index in [1.807, 2.05) is 13.8 Å². The molecule has 0 aromatic heterocycles. The molecule has 0 unspecified atom stereocenters. The maximum atomic E-state index is 12.9. The van der Waals surface area contributed by atoms with E-state index in [1.165, 1.54) is 19.2 Å². The number of phenols is 2. The number of aromatic carboxylic acids is 1. The molecular weight excluding hydrogens is 456 g/mol. The number of carboxylic acid groups (broad SMARTS) is 1. The van der Waals surface area contributed by atoms with Gasteiger partial charge >= 0.3 is 11.9 Å². The van der Waals surface area contributed by atoms with Gasteiger partial charge in [-0.1, -0.05) is 33.1 Å². The number of unbranched alkanes of at least 4 members (excludes halogenated alkanes) is 3. The van der Waals surface area contributed by atoms with Crippen LogP contribution in [0.5, 0.6) is 28.7 Å². The molecule has 3 N–H and O–H groups in total. The number of benzene rings is 2. The normalized spacial score (nSPS) is 10.6. The summed E-state index contributed by atoms with van der Waals surface area (Å²) in [6.07, 6.45) is 3.95. The molecule has 0 radical (unpaired) electrons. The molecule has 0 saturated carbocycles. The molecular formula is C26H32O9. The lowest BCUT2D eigenvalue weighted by Crippen LogP contribution is -2.13. The summed E-state index contributed by atoms with van der Waals surface area (Å²) in [5, 5.41) is 30.5. The van der Waals surface area contributed by atoms with Gasteiger partial charge in [0, 0.05) is 29.7 Å². The van der Waals surface area contributed by atoms with Gasteiger partial charge < -0.3 is 29.5 Å². The lowest BCUT2D eigenvalue weighted by molar-refractivity contribution is 0.0592. The average molecular weight is 489 g/mol. The molecule has 2 aromatic carbocycles. The van der Waals surface area contributed by atoms with E-state index < -0.39 is 29.0 Å². The van der Waals surface area contributed by atoms with Crippen molar-refractivity contribution in [3.05, 3.63) is 40.5 Å². The Morgan fingerprint density at radius 2 is 1.57 bits per heavy atom. The van der Waals surface area contributed by atoms with Crippen LogP contribution >= 0.6 is 0 Å². The van der Waals surface area contributed by atoms with Crippen molar-refractivity contribution in [1.29, 1.82) is 0 Å². The molecule has 0 amide bonds. The number of Topliss-reactive ketones (excluding diaryl/α,β-unsaturated/α-hetero) is 1. The Labute approximate surface area is 204 Å². The number of aromatic hydroxyl groups is 2. The molecule has 9 nitrogen and oxygen atoms in total. The Balaban J connectivity index is 2.77. The summed E-state index contributed by atoms with van der Waals surface area (Å²) < 4.78 is 16.1. The first kappa shape index (κ1) is 27.5. The van der Waals surface area contributed by atoms with Gasteiger partial charge in [-0.2, -0.15) is 0 Å². The molecule has 2 rings (SSSR count). The molecule has 0 bridgehead atoms. The van der Waals surface area contributed by atoms with E-state index in [4.69, 9.17) is 14.2 Å². The van der Waals surface area contributed by atoms with Crippen LogP contribution in [0.2, 0.25) is 0 Å². The molecule has 0 fully saturated rings. The van der Waals surface area contributed by atoms with Crippen molar-refractivity contribution in [1.82, 2.24) is 0 Å². The number of carbonyl (C=O) groups excluding carboxylic acids is 2. The predicted molar refractivity (Wildman–Crippen MR) is 128 cm³/mol. The number of carboxylic acids is 1. The van der Waals surface area contributed by atoms with Crippen molar-refractivity contribution < 1.29 is 43.9 Å². The lowest BCUT2D eigenvalue weighted by Gasteiger charge is -2.19. The van der Waals surface area contributed by atoms with Crippen molar-refractivity contribution >= 4 is 17.7 Å². The molecule has 2 aromatic rings. The Hall–Kier alpha value is -3.75. The highest BCUT2D eigenvalue weighted by atomic mass is 16.5. The molecule has 9 heteroatoms. The summed E-state index contributed by atoms with van der Waals surface area (Å²) >= 11 is 0. The van der Waals surface area contributed by atoms with Crippen LogP contribution < -0.4 is 9.47 Å². The zero-order valence-electron chi connectivity index (χ0n) is 20.5. The quantitative estimate of drug-likeness (QED) is 0.190. The Morgan fingerprint density at radius 3 is 2.14 bits per heavy atom. The Kier molecular flexibility index (Phi) is 9.93. The van der Waals surface area contributed by atoms with Gasteiger partial charge in [0.25, 0.3) is 0 Å². The zero-order valence-corrected chi connectivity index (χ0v) is 20.5. The largest absolute Gasteiger partial charge is 0.507 e. The minimum absolute atomic E-state index is 0.0314. The second-order valence-electron chi connectivity index (χ2n) is 8.03. The number of phenolic OH excluding ortho intramolecular Hbond substituents is 1. The Morgan fingerprint density at radius 1 is 0.886 bits per heavy atom. The van der Waals surface area contributed by atoms with Crippen LogP contribution in [0.3, 0.4) is 0 Å². The highest BCUT2D eigenvalue weighted by Crippen LogP contribution is 2.44. The van der Waals surface area contributed by atoms with Crippen molar-refractivity contribution in [3.8, 4) is 28.7 Å². The zero-order chi connectivity index (χ0) is 26.1. The number of hydrogen-bond donors (Lipinski definition) is 3. The molecule has 0 saturated heterocycles. The van der Waals surface area contributed by atoms with Crippen LogP contribution in [-0.4, -0.2) is 47.3 Å². The van der Waals surface area contributed by atoms with Gasteiger partial charge in [-0.15, -0.1) is 0 Å². The average Bonchev–Trinajstić information content (AvgIpc) is 2.83. The molecule has 0 atom stereocenters. The minimum Gasteiger partial charge on any atom is -0.507 e. The Bertz CT molecular complexity index is 1090. The van der Waals surface area contributed by atoms with Crippen LogP contribution in [0.4, 0.5) is 0 Å². The number of hydrogen-bond acceptors (Lipinski definition) is 8. The van der Waals surface area contributed by atoms with Crippen molar-refractivity contribution in [2.75, 3.05) is 14.2 Å². The number of ketones is 1. The minimum atomic E-state index is -1.40. The number of carbonyl (C=O) groups is 3. The third-order valence-corrected chi connectivity index (χ3v) is 5.55. The first-order valence-electron chi connectivity index (χ1n) is 11.5. The standard InChI is InChI=1S/C26H32O9/c1-5-7-9-10-16-22(25(30)31)19(28)14-20(29)24(16)35-21-13-15(33-3)12-17(18(27)11-8-6-2)23(21)26(32)34-4/h12-14,28-29H,5-11H2,1-4H3,(H,30,31). The molecule has 0 heterocycles. The van der Waals surface area contributed by atoms with Gasteiger partial charge in [-0.05, 0) is 25.3 Å². The van der Waals surface area contributed by atoms with Gasteiger partial charge in [0.15, 0.2) is 17.3 Å². The number of ether oxygens (including phenoxy) is 3. The molecule has 190 valence electrons. The summed E-state index contributed by atoms with van der Waals surface area (Å²) in [7, 11) is 2.54. The smallest absolute Gasteiger partial charge is 0.342 e. The highest BCUT2D eigenvalue weighted by molar-refractivity contribution is 6.08. The van der Waals surface area contributed by atoms with Crippen LogP contribution in [0, 0.1) is 0 Å². The monoisotopic (exact) mass is 488 g/mol. The van der Waals surface area contributed by atoms with E-state index in [-0.39, 0.29) is 52.6 Å². The number of rotatable bonds is 13. The first-order valence-corrected chi connectivity index (χ1v) is 11.5. The van der Waals surface area contributed by atoms with Gasteiger partial charge in [0.05, 0.1) is 14.2 Å². The fraction of sp³-hybridized carbons (Fsp3) is 0.423. The predicted octanol–water partition coefficient (Wildman–Crippen LogP) is 5.49.